The van der Waals surface area contributed by atoms with E-state index < -0.39 is 11.7 Å². The summed E-state index contributed by atoms with van der Waals surface area (Å²) in [5, 5.41) is 5.50. The minimum atomic E-state index is -0.492. The zero-order valence-corrected chi connectivity index (χ0v) is 14.8. The number of nitrogens with one attached hydrogen (secondary N) is 3. The Morgan fingerprint density at radius 2 is 1.75 bits per heavy atom. The molecule has 0 aliphatic rings. The van der Waals surface area contributed by atoms with Crippen LogP contribution < -0.4 is 16.2 Å². The SMILES string of the molecule is Cc1cc(C(=O)NCCCCCNC(=O)OC(C)(C)C)c[nH]c1=O. The van der Waals surface area contributed by atoms with Crippen LogP contribution in [-0.4, -0.2) is 35.7 Å². The first kappa shape index (κ1) is 19.7. The molecule has 0 radical (unpaired) electrons. The number of aromatic nitrogens is 1. The second-order valence-electron chi connectivity index (χ2n) is 6.65. The van der Waals surface area contributed by atoms with Crippen LogP contribution >= 0.6 is 0 Å². The number of aryl methyl sites for hydroxylation is 1. The number of unbranched alkanes of at least 4 members (excludes halogenated alkanes) is 2. The van der Waals surface area contributed by atoms with E-state index in [-0.39, 0.29) is 11.5 Å². The number of carbonyl (C=O) groups excluding carboxylic acids is 2. The molecule has 134 valence electrons. The molecule has 2 amide bonds. The maximum atomic E-state index is 11.9. The van der Waals surface area contributed by atoms with Gasteiger partial charge in [0.25, 0.3) is 11.5 Å². The Kier molecular flexibility index (Phi) is 7.48. The Morgan fingerprint density at radius 1 is 1.12 bits per heavy atom. The third-order valence-electron chi connectivity index (χ3n) is 3.16. The molecular formula is C17H27N3O4. The Bertz CT molecular complexity index is 617. The number of hydrogen-bond donors (Lipinski definition) is 3. The molecule has 0 spiro atoms. The summed E-state index contributed by atoms with van der Waals surface area (Å²) in [5.41, 5.74) is 0.271. The predicted octanol–water partition coefficient (Wildman–Crippen LogP) is 2.11. The van der Waals surface area contributed by atoms with Crippen molar-refractivity contribution in [3.05, 3.63) is 33.7 Å². The molecule has 0 aliphatic carbocycles. The highest BCUT2D eigenvalue weighted by molar-refractivity contribution is 5.93. The highest BCUT2D eigenvalue weighted by atomic mass is 16.6. The number of amides is 2. The average molecular weight is 337 g/mol. The number of pyridine rings is 1. The molecule has 0 aromatic carbocycles. The summed E-state index contributed by atoms with van der Waals surface area (Å²) in [6.45, 7) is 8.20. The van der Waals surface area contributed by atoms with Crippen molar-refractivity contribution in [2.45, 2.75) is 52.6 Å². The van der Waals surface area contributed by atoms with E-state index in [0.717, 1.165) is 19.3 Å². The van der Waals surface area contributed by atoms with E-state index in [1.54, 1.807) is 13.0 Å². The van der Waals surface area contributed by atoms with Gasteiger partial charge in [0.15, 0.2) is 0 Å². The van der Waals surface area contributed by atoms with E-state index in [4.69, 9.17) is 4.74 Å². The van der Waals surface area contributed by atoms with Crippen LogP contribution in [0.5, 0.6) is 0 Å². The lowest BCUT2D eigenvalue weighted by molar-refractivity contribution is 0.0527. The van der Waals surface area contributed by atoms with E-state index in [0.29, 0.717) is 24.2 Å². The Labute approximate surface area is 142 Å². The van der Waals surface area contributed by atoms with E-state index in [9.17, 15) is 14.4 Å². The molecule has 1 aromatic rings. The van der Waals surface area contributed by atoms with Gasteiger partial charge in [-0.25, -0.2) is 4.79 Å². The van der Waals surface area contributed by atoms with Gasteiger partial charge in [0.05, 0.1) is 5.56 Å². The summed E-state index contributed by atoms with van der Waals surface area (Å²) in [4.78, 5) is 37.1. The average Bonchev–Trinajstić information content (AvgIpc) is 2.47. The summed E-state index contributed by atoms with van der Waals surface area (Å²) >= 11 is 0. The molecule has 0 aliphatic heterocycles. The van der Waals surface area contributed by atoms with Gasteiger partial charge in [-0.2, -0.15) is 0 Å². The third-order valence-corrected chi connectivity index (χ3v) is 3.16. The van der Waals surface area contributed by atoms with Crippen LogP contribution in [0.4, 0.5) is 4.79 Å². The molecule has 1 heterocycles. The smallest absolute Gasteiger partial charge is 0.407 e. The van der Waals surface area contributed by atoms with Crippen molar-refractivity contribution in [2.24, 2.45) is 0 Å². The number of aromatic amines is 1. The van der Waals surface area contributed by atoms with Crippen molar-refractivity contribution in [3.8, 4) is 0 Å². The van der Waals surface area contributed by atoms with Crippen molar-refractivity contribution in [3.63, 3.8) is 0 Å². The highest BCUT2D eigenvalue weighted by Gasteiger charge is 2.15. The Morgan fingerprint density at radius 3 is 2.33 bits per heavy atom. The first-order chi connectivity index (χ1) is 11.2. The molecule has 1 rings (SSSR count). The molecule has 0 saturated heterocycles. The van der Waals surface area contributed by atoms with Gasteiger partial charge in [-0.05, 0) is 53.0 Å². The van der Waals surface area contributed by atoms with Gasteiger partial charge < -0.3 is 20.4 Å². The molecule has 1 aromatic heterocycles. The monoisotopic (exact) mass is 337 g/mol. The van der Waals surface area contributed by atoms with Gasteiger partial charge in [-0.1, -0.05) is 0 Å². The van der Waals surface area contributed by atoms with Gasteiger partial charge in [0, 0.05) is 24.8 Å². The van der Waals surface area contributed by atoms with E-state index in [1.807, 2.05) is 20.8 Å². The fourth-order valence-corrected chi connectivity index (χ4v) is 1.96. The zero-order valence-electron chi connectivity index (χ0n) is 14.8. The lowest BCUT2D eigenvalue weighted by Crippen LogP contribution is -2.33. The lowest BCUT2D eigenvalue weighted by Gasteiger charge is -2.19. The Balaban J connectivity index is 2.14. The molecule has 7 nitrogen and oxygen atoms in total. The minimum Gasteiger partial charge on any atom is -0.444 e. The highest BCUT2D eigenvalue weighted by Crippen LogP contribution is 2.06. The number of hydrogen-bond acceptors (Lipinski definition) is 4. The topological polar surface area (TPSA) is 100 Å². The van der Waals surface area contributed by atoms with Crippen LogP contribution in [0.2, 0.25) is 0 Å². The van der Waals surface area contributed by atoms with Gasteiger partial charge >= 0.3 is 6.09 Å². The number of ether oxygens (including phenoxy) is 1. The van der Waals surface area contributed by atoms with E-state index >= 15 is 0 Å². The van der Waals surface area contributed by atoms with Crippen molar-refractivity contribution >= 4 is 12.0 Å². The van der Waals surface area contributed by atoms with Crippen LogP contribution in [0.15, 0.2) is 17.1 Å². The van der Waals surface area contributed by atoms with Gasteiger partial charge in [-0.3, -0.25) is 9.59 Å². The van der Waals surface area contributed by atoms with Crippen LogP contribution in [0.3, 0.4) is 0 Å². The molecule has 24 heavy (non-hydrogen) atoms. The summed E-state index contributed by atoms with van der Waals surface area (Å²) in [5.74, 6) is -0.207. The molecule has 0 fully saturated rings. The maximum absolute atomic E-state index is 11.9. The van der Waals surface area contributed by atoms with E-state index in [2.05, 4.69) is 15.6 Å². The maximum Gasteiger partial charge on any atom is 0.407 e. The van der Waals surface area contributed by atoms with Gasteiger partial charge in [-0.15, -0.1) is 0 Å². The second-order valence-corrected chi connectivity index (χ2v) is 6.65. The molecule has 0 saturated carbocycles. The predicted molar refractivity (Wildman–Crippen MR) is 92.2 cm³/mol. The summed E-state index contributed by atoms with van der Waals surface area (Å²) in [7, 11) is 0. The summed E-state index contributed by atoms with van der Waals surface area (Å²) in [6, 6.07) is 1.57. The van der Waals surface area contributed by atoms with Crippen molar-refractivity contribution < 1.29 is 14.3 Å². The first-order valence-electron chi connectivity index (χ1n) is 8.13. The van der Waals surface area contributed by atoms with Crippen LogP contribution in [0, 0.1) is 6.92 Å². The Hall–Kier alpha value is -2.31. The quantitative estimate of drug-likeness (QED) is 0.663. The number of carbonyl (C=O) groups is 2. The normalized spacial score (nSPS) is 11.0. The third kappa shape index (κ3) is 7.80. The summed E-state index contributed by atoms with van der Waals surface area (Å²) in [6.07, 6.45) is 3.50. The molecular weight excluding hydrogens is 310 g/mol. The molecule has 0 unspecified atom stereocenters. The van der Waals surface area contributed by atoms with Crippen molar-refractivity contribution in [1.82, 2.24) is 15.6 Å². The number of H-pyrrole nitrogens is 1. The minimum absolute atomic E-state index is 0.191. The molecule has 7 heteroatoms. The van der Waals surface area contributed by atoms with Gasteiger partial charge in [0.1, 0.15) is 5.60 Å². The standard InChI is InChI=1S/C17H27N3O4/c1-12-10-13(11-20-14(12)21)15(22)18-8-6-5-7-9-19-16(23)24-17(2,3)4/h10-11H,5-9H2,1-4H3,(H,18,22)(H,19,23)(H,20,21). The largest absolute Gasteiger partial charge is 0.444 e. The zero-order chi connectivity index (χ0) is 18.2. The number of alkyl carbamates (subject to hydrolysis) is 1. The molecule has 3 N–H and O–H groups in total. The first-order valence-corrected chi connectivity index (χ1v) is 8.13. The van der Waals surface area contributed by atoms with Crippen molar-refractivity contribution in [2.75, 3.05) is 13.1 Å². The van der Waals surface area contributed by atoms with Crippen molar-refractivity contribution in [1.29, 1.82) is 0 Å². The molecule has 0 atom stereocenters. The second kappa shape index (κ2) is 9.10. The molecule has 0 bridgehead atoms. The lowest BCUT2D eigenvalue weighted by atomic mass is 10.2. The van der Waals surface area contributed by atoms with Gasteiger partial charge in [0.2, 0.25) is 0 Å². The summed E-state index contributed by atoms with van der Waals surface area (Å²) < 4.78 is 5.13. The van der Waals surface area contributed by atoms with E-state index in [1.165, 1.54) is 6.20 Å². The van der Waals surface area contributed by atoms with Crippen LogP contribution in [0.25, 0.3) is 0 Å². The fourth-order valence-electron chi connectivity index (χ4n) is 1.96. The fraction of sp³-hybridized carbons (Fsp3) is 0.588. The van der Waals surface area contributed by atoms with Crippen LogP contribution in [0.1, 0.15) is 56.0 Å². The number of rotatable bonds is 7. The van der Waals surface area contributed by atoms with Crippen LogP contribution in [-0.2, 0) is 4.74 Å².